The molecule has 1 saturated heterocycles. The summed E-state index contributed by atoms with van der Waals surface area (Å²) >= 11 is 6.29. The zero-order valence-corrected chi connectivity index (χ0v) is 15.6. The number of amides is 3. The largest absolute Gasteiger partial charge is 0.341 e. The highest BCUT2D eigenvalue weighted by molar-refractivity contribution is 6.34. The maximum atomic E-state index is 12.4. The molecule has 1 heterocycles. The van der Waals surface area contributed by atoms with Crippen molar-refractivity contribution in [1.29, 1.82) is 0 Å². The van der Waals surface area contributed by atoms with Crippen LogP contribution in [0.1, 0.15) is 30.1 Å². The zero-order chi connectivity index (χ0) is 19.4. The number of anilines is 2. The summed E-state index contributed by atoms with van der Waals surface area (Å²) < 4.78 is 0. The first-order valence-corrected chi connectivity index (χ1v) is 9.10. The molecule has 6 nitrogen and oxygen atoms in total. The molecule has 27 heavy (non-hydrogen) atoms. The van der Waals surface area contributed by atoms with E-state index in [0.29, 0.717) is 34.9 Å². The number of nitrogens with one attached hydrogen (secondary N) is 2. The number of rotatable bonds is 5. The van der Waals surface area contributed by atoms with E-state index < -0.39 is 6.04 Å². The van der Waals surface area contributed by atoms with Crippen LogP contribution in [0, 0.1) is 0 Å². The number of carbonyl (C=O) groups excluding carboxylic acids is 3. The topological polar surface area (TPSA) is 78.5 Å². The summed E-state index contributed by atoms with van der Waals surface area (Å²) in [5, 5.41) is 5.78. The highest BCUT2D eigenvalue weighted by atomic mass is 35.5. The molecule has 7 heteroatoms. The van der Waals surface area contributed by atoms with Crippen LogP contribution in [-0.4, -0.2) is 30.3 Å². The van der Waals surface area contributed by atoms with Gasteiger partial charge in [-0.25, -0.2) is 0 Å². The van der Waals surface area contributed by atoms with Crippen LogP contribution in [0.3, 0.4) is 0 Å². The highest BCUT2D eigenvalue weighted by Gasteiger charge is 2.24. The first-order valence-electron chi connectivity index (χ1n) is 8.72. The van der Waals surface area contributed by atoms with E-state index in [1.807, 2.05) is 6.07 Å². The number of benzene rings is 2. The van der Waals surface area contributed by atoms with E-state index in [9.17, 15) is 14.4 Å². The predicted octanol–water partition coefficient (Wildman–Crippen LogP) is 3.22. The fourth-order valence-corrected chi connectivity index (χ4v) is 3.17. The molecular formula is C20H20ClN3O3. The van der Waals surface area contributed by atoms with Gasteiger partial charge in [0.1, 0.15) is 6.04 Å². The Balaban J connectivity index is 1.62. The van der Waals surface area contributed by atoms with E-state index >= 15 is 0 Å². The van der Waals surface area contributed by atoms with Crippen LogP contribution in [0.5, 0.6) is 0 Å². The number of nitrogens with zero attached hydrogens (tertiary/aromatic N) is 1. The highest BCUT2D eigenvalue weighted by Crippen LogP contribution is 2.31. The van der Waals surface area contributed by atoms with E-state index in [1.54, 1.807) is 54.3 Å². The summed E-state index contributed by atoms with van der Waals surface area (Å²) in [6.07, 6.45) is 1.33. The standard InChI is InChI=1S/C20H20ClN3O3/c1-13(22-20(27)14-6-3-2-4-7-14)19(26)23-15-9-10-17(16(21)12-15)24-11-5-8-18(24)25/h2-4,6-7,9-10,12-13H,5,8,11H2,1H3,(H,22,27)(H,23,26). The summed E-state index contributed by atoms with van der Waals surface area (Å²) in [4.78, 5) is 38.0. The molecule has 1 atom stereocenters. The van der Waals surface area contributed by atoms with Crippen LogP contribution in [0.4, 0.5) is 11.4 Å². The minimum absolute atomic E-state index is 0.0472. The predicted molar refractivity (Wildman–Crippen MR) is 105 cm³/mol. The Kier molecular flexibility index (Phi) is 5.76. The summed E-state index contributed by atoms with van der Waals surface area (Å²) in [5.74, 6) is -0.634. The van der Waals surface area contributed by atoms with Gasteiger partial charge in [0.2, 0.25) is 11.8 Å². The van der Waals surface area contributed by atoms with E-state index in [2.05, 4.69) is 10.6 Å². The summed E-state index contributed by atoms with van der Waals surface area (Å²) in [6.45, 7) is 2.25. The molecule has 2 aromatic rings. The minimum Gasteiger partial charge on any atom is -0.341 e. The van der Waals surface area contributed by atoms with Gasteiger partial charge < -0.3 is 15.5 Å². The number of hydrogen-bond acceptors (Lipinski definition) is 3. The van der Waals surface area contributed by atoms with E-state index in [-0.39, 0.29) is 17.7 Å². The van der Waals surface area contributed by atoms with Crippen molar-refractivity contribution in [2.24, 2.45) is 0 Å². The first kappa shape index (κ1) is 18.9. The maximum absolute atomic E-state index is 12.4. The fourth-order valence-electron chi connectivity index (χ4n) is 2.89. The van der Waals surface area contributed by atoms with Crippen molar-refractivity contribution < 1.29 is 14.4 Å². The van der Waals surface area contributed by atoms with Gasteiger partial charge >= 0.3 is 0 Å². The van der Waals surface area contributed by atoms with E-state index in [1.165, 1.54) is 0 Å². The second-order valence-electron chi connectivity index (χ2n) is 6.37. The summed E-state index contributed by atoms with van der Waals surface area (Å²) in [5.41, 5.74) is 1.63. The molecule has 0 bridgehead atoms. The zero-order valence-electron chi connectivity index (χ0n) is 14.9. The molecule has 1 aliphatic rings. The van der Waals surface area contributed by atoms with Crippen molar-refractivity contribution in [3.8, 4) is 0 Å². The van der Waals surface area contributed by atoms with Gasteiger partial charge in [0, 0.05) is 24.2 Å². The molecule has 0 spiro atoms. The van der Waals surface area contributed by atoms with Gasteiger partial charge in [0.05, 0.1) is 10.7 Å². The maximum Gasteiger partial charge on any atom is 0.251 e. The summed E-state index contributed by atoms with van der Waals surface area (Å²) in [6, 6.07) is 13.0. The van der Waals surface area contributed by atoms with Crippen molar-refractivity contribution in [3.63, 3.8) is 0 Å². The van der Waals surface area contributed by atoms with Crippen LogP contribution in [0.2, 0.25) is 5.02 Å². The molecule has 1 unspecified atom stereocenters. The molecule has 2 N–H and O–H groups in total. The van der Waals surface area contributed by atoms with Crippen LogP contribution in [-0.2, 0) is 9.59 Å². The average Bonchev–Trinajstić information content (AvgIpc) is 3.08. The molecule has 0 aromatic heterocycles. The smallest absolute Gasteiger partial charge is 0.251 e. The number of halogens is 1. The lowest BCUT2D eigenvalue weighted by Gasteiger charge is -2.19. The van der Waals surface area contributed by atoms with Gasteiger partial charge in [-0.2, -0.15) is 0 Å². The molecule has 3 amide bonds. The third-order valence-corrected chi connectivity index (χ3v) is 4.66. The van der Waals surface area contributed by atoms with E-state index in [0.717, 1.165) is 6.42 Å². The first-order chi connectivity index (χ1) is 13.0. The third kappa shape index (κ3) is 4.46. The fraction of sp³-hybridized carbons (Fsp3) is 0.250. The van der Waals surface area contributed by atoms with Crippen molar-refractivity contribution in [2.75, 3.05) is 16.8 Å². The quantitative estimate of drug-likeness (QED) is 0.829. The van der Waals surface area contributed by atoms with Gasteiger partial charge in [-0.15, -0.1) is 0 Å². The minimum atomic E-state index is -0.726. The number of carbonyl (C=O) groups is 3. The Morgan fingerprint density at radius 2 is 1.89 bits per heavy atom. The van der Waals surface area contributed by atoms with Crippen LogP contribution >= 0.6 is 11.6 Å². The SMILES string of the molecule is CC(NC(=O)c1ccccc1)C(=O)Nc1ccc(N2CCCC2=O)c(Cl)c1. The Labute approximate surface area is 162 Å². The lowest BCUT2D eigenvalue weighted by atomic mass is 10.2. The van der Waals surface area contributed by atoms with Crippen molar-refractivity contribution in [1.82, 2.24) is 5.32 Å². The van der Waals surface area contributed by atoms with Crippen LogP contribution in [0.25, 0.3) is 0 Å². The monoisotopic (exact) mass is 385 g/mol. The van der Waals surface area contributed by atoms with Gasteiger partial charge in [-0.3, -0.25) is 14.4 Å². The molecule has 0 aliphatic carbocycles. The van der Waals surface area contributed by atoms with E-state index in [4.69, 9.17) is 11.6 Å². The van der Waals surface area contributed by atoms with Gasteiger partial charge in [-0.05, 0) is 43.7 Å². The number of hydrogen-bond donors (Lipinski definition) is 2. The van der Waals surface area contributed by atoms with Crippen molar-refractivity contribution >= 4 is 40.7 Å². The molecule has 1 fully saturated rings. The molecule has 1 aliphatic heterocycles. The van der Waals surface area contributed by atoms with Gasteiger partial charge in [-0.1, -0.05) is 29.8 Å². The lowest BCUT2D eigenvalue weighted by molar-refractivity contribution is -0.118. The second kappa shape index (κ2) is 8.22. The third-order valence-electron chi connectivity index (χ3n) is 4.36. The van der Waals surface area contributed by atoms with Gasteiger partial charge in [0.25, 0.3) is 5.91 Å². The van der Waals surface area contributed by atoms with Crippen molar-refractivity contribution in [2.45, 2.75) is 25.8 Å². The molecule has 140 valence electrons. The van der Waals surface area contributed by atoms with Crippen LogP contribution in [0.15, 0.2) is 48.5 Å². The Morgan fingerprint density at radius 1 is 1.15 bits per heavy atom. The second-order valence-corrected chi connectivity index (χ2v) is 6.77. The average molecular weight is 386 g/mol. The Hall–Kier alpha value is -2.86. The Bertz CT molecular complexity index is 870. The molecule has 3 rings (SSSR count). The van der Waals surface area contributed by atoms with Gasteiger partial charge in [0.15, 0.2) is 0 Å². The Morgan fingerprint density at radius 3 is 2.52 bits per heavy atom. The van der Waals surface area contributed by atoms with Crippen LogP contribution < -0.4 is 15.5 Å². The molecule has 0 saturated carbocycles. The molecular weight excluding hydrogens is 366 g/mol. The lowest BCUT2D eigenvalue weighted by Crippen LogP contribution is -2.41. The molecule has 0 radical (unpaired) electrons. The summed E-state index contributed by atoms with van der Waals surface area (Å²) in [7, 11) is 0. The molecule has 2 aromatic carbocycles. The normalized spacial score (nSPS) is 14.7. The van der Waals surface area contributed by atoms with Crippen molar-refractivity contribution in [3.05, 3.63) is 59.1 Å².